The van der Waals surface area contributed by atoms with Gasteiger partial charge < -0.3 is 10.1 Å². The number of nitrogens with one attached hydrogen (secondary N) is 1. The smallest absolute Gasteiger partial charge is 0.416 e. The molecule has 0 heterocycles. The first kappa shape index (κ1) is 19.0. The molecule has 0 aliphatic heterocycles. The molecule has 0 saturated carbocycles. The van der Waals surface area contributed by atoms with Crippen molar-refractivity contribution in [1.29, 1.82) is 0 Å². The first-order valence-corrected chi connectivity index (χ1v) is 7.16. The molecule has 1 atom stereocenters. The van der Waals surface area contributed by atoms with Gasteiger partial charge in [0.15, 0.2) is 0 Å². The van der Waals surface area contributed by atoms with Gasteiger partial charge in [-0.25, -0.2) is 4.79 Å². The fourth-order valence-electron chi connectivity index (χ4n) is 2.12. The van der Waals surface area contributed by atoms with Crippen LogP contribution in [0.25, 0.3) is 0 Å². The van der Waals surface area contributed by atoms with E-state index < -0.39 is 29.7 Å². The lowest BCUT2D eigenvalue weighted by Gasteiger charge is -2.18. The van der Waals surface area contributed by atoms with E-state index in [2.05, 4.69) is 10.1 Å². The van der Waals surface area contributed by atoms with E-state index in [1.807, 2.05) is 13.8 Å². The van der Waals surface area contributed by atoms with Gasteiger partial charge >= 0.3 is 12.1 Å². The van der Waals surface area contributed by atoms with E-state index in [9.17, 15) is 22.8 Å². The molecule has 1 N–H and O–H groups in total. The maximum Gasteiger partial charge on any atom is 0.416 e. The summed E-state index contributed by atoms with van der Waals surface area (Å²) in [5.74, 6) is -0.954. The number of carbonyl (C=O) groups excluding carboxylic acids is 2. The van der Waals surface area contributed by atoms with Gasteiger partial charge in [-0.3, -0.25) is 4.79 Å². The molecular formula is C16H20F3NO3. The second-order valence-electron chi connectivity index (χ2n) is 5.65. The normalized spacial score (nSPS) is 12.8. The Bertz CT molecular complexity index is 556. The molecule has 0 aliphatic rings. The second kappa shape index (κ2) is 7.99. The minimum Gasteiger partial charge on any atom is -0.467 e. The highest BCUT2D eigenvalue weighted by Gasteiger charge is 2.30. The molecule has 0 saturated heterocycles. The highest BCUT2D eigenvalue weighted by atomic mass is 19.4. The Balaban J connectivity index is 2.76. The van der Waals surface area contributed by atoms with Gasteiger partial charge in [-0.2, -0.15) is 13.2 Å². The summed E-state index contributed by atoms with van der Waals surface area (Å²) in [6.45, 7) is 3.77. The van der Waals surface area contributed by atoms with Gasteiger partial charge in [0.25, 0.3) is 0 Å². The van der Waals surface area contributed by atoms with Gasteiger partial charge in [-0.05, 0) is 24.0 Å². The van der Waals surface area contributed by atoms with Crippen molar-refractivity contribution in [3.8, 4) is 0 Å². The number of halogens is 3. The summed E-state index contributed by atoms with van der Waals surface area (Å²) in [6.07, 6.45) is -4.31. The molecule has 1 aromatic carbocycles. The van der Waals surface area contributed by atoms with E-state index in [-0.39, 0.29) is 17.9 Å². The van der Waals surface area contributed by atoms with Crippen LogP contribution in [0.2, 0.25) is 0 Å². The summed E-state index contributed by atoms with van der Waals surface area (Å²) in [5, 5.41) is 2.51. The number of methoxy groups -OCH3 is 1. The first-order chi connectivity index (χ1) is 10.6. The molecule has 4 nitrogen and oxygen atoms in total. The van der Waals surface area contributed by atoms with Crippen molar-refractivity contribution < 1.29 is 27.5 Å². The largest absolute Gasteiger partial charge is 0.467 e. The molecule has 0 unspecified atom stereocenters. The van der Waals surface area contributed by atoms with Crippen molar-refractivity contribution in [1.82, 2.24) is 5.32 Å². The third kappa shape index (κ3) is 6.30. The standard InChI is InChI=1S/C16H20F3NO3/c1-10(2)7-13(15(22)23-3)20-14(21)9-11-5-4-6-12(8-11)16(17,18)19/h4-6,8,10,13H,7,9H2,1-3H3,(H,20,21)/t13-/m0/s1. The number of amides is 1. The number of benzene rings is 1. The molecule has 0 bridgehead atoms. The second-order valence-corrected chi connectivity index (χ2v) is 5.65. The maximum absolute atomic E-state index is 12.6. The minimum absolute atomic E-state index is 0.146. The van der Waals surface area contributed by atoms with E-state index in [1.165, 1.54) is 19.2 Å². The molecule has 0 radical (unpaired) electrons. The number of hydrogen-bond donors (Lipinski definition) is 1. The van der Waals surface area contributed by atoms with Crippen LogP contribution < -0.4 is 5.32 Å². The van der Waals surface area contributed by atoms with Gasteiger partial charge in [0.2, 0.25) is 5.91 Å². The highest BCUT2D eigenvalue weighted by Crippen LogP contribution is 2.29. The van der Waals surface area contributed by atoms with Crippen LogP contribution in [0.4, 0.5) is 13.2 Å². The zero-order chi connectivity index (χ0) is 17.6. The summed E-state index contributed by atoms with van der Waals surface area (Å²) in [6, 6.07) is 3.74. The van der Waals surface area contributed by atoms with Crippen LogP contribution in [0.5, 0.6) is 0 Å². The fraction of sp³-hybridized carbons (Fsp3) is 0.500. The Morgan fingerprint density at radius 1 is 1.26 bits per heavy atom. The molecule has 0 fully saturated rings. The fourth-order valence-corrected chi connectivity index (χ4v) is 2.12. The number of ether oxygens (including phenoxy) is 1. The number of hydrogen-bond acceptors (Lipinski definition) is 3. The van der Waals surface area contributed by atoms with Gasteiger partial charge in [0.1, 0.15) is 6.04 Å². The average molecular weight is 331 g/mol. The van der Waals surface area contributed by atoms with Crippen LogP contribution in [0.15, 0.2) is 24.3 Å². The van der Waals surface area contributed by atoms with Crippen molar-refractivity contribution in [3.05, 3.63) is 35.4 Å². The van der Waals surface area contributed by atoms with Crippen molar-refractivity contribution >= 4 is 11.9 Å². The first-order valence-electron chi connectivity index (χ1n) is 7.16. The van der Waals surface area contributed by atoms with Gasteiger partial charge in [0.05, 0.1) is 19.1 Å². The van der Waals surface area contributed by atoms with Crippen LogP contribution in [-0.4, -0.2) is 25.0 Å². The SMILES string of the molecule is COC(=O)[C@H](CC(C)C)NC(=O)Cc1cccc(C(F)(F)F)c1. The lowest BCUT2D eigenvalue weighted by atomic mass is 10.0. The van der Waals surface area contributed by atoms with E-state index in [0.717, 1.165) is 12.1 Å². The third-order valence-electron chi connectivity index (χ3n) is 3.15. The summed E-state index contributed by atoms with van der Waals surface area (Å²) in [7, 11) is 1.22. The molecule has 7 heteroatoms. The van der Waals surface area contributed by atoms with Crippen molar-refractivity contribution in [3.63, 3.8) is 0 Å². The zero-order valence-electron chi connectivity index (χ0n) is 13.2. The maximum atomic E-state index is 12.6. The highest BCUT2D eigenvalue weighted by molar-refractivity contribution is 5.85. The topological polar surface area (TPSA) is 55.4 Å². The predicted molar refractivity (Wildman–Crippen MR) is 78.5 cm³/mol. The third-order valence-corrected chi connectivity index (χ3v) is 3.15. The summed E-state index contributed by atoms with van der Waals surface area (Å²) < 4.78 is 42.6. The van der Waals surface area contributed by atoms with Crippen LogP contribution in [-0.2, 0) is 26.9 Å². The number of carbonyl (C=O) groups is 2. The molecule has 0 aromatic heterocycles. The average Bonchev–Trinajstić information content (AvgIpc) is 2.44. The molecule has 1 amide bonds. The molecule has 128 valence electrons. The Morgan fingerprint density at radius 3 is 2.43 bits per heavy atom. The van der Waals surface area contributed by atoms with E-state index in [1.54, 1.807) is 0 Å². The molecule has 0 aliphatic carbocycles. The van der Waals surface area contributed by atoms with Crippen molar-refractivity contribution in [2.45, 2.75) is 38.9 Å². The van der Waals surface area contributed by atoms with E-state index in [0.29, 0.717) is 6.42 Å². The molecule has 1 aromatic rings. The minimum atomic E-state index is -4.46. The summed E-state index contributed by atoms with van der Waals surface area (Å²) >= 11 is 0. The van der Waals surface area contributed by atoms with Crippen molar-refractivity contribution in [2.75, 3.05) is 7.11 Å². The number of alkyl halides is 3. The monoisotopic (exact) mass is 331 g/mol. The Labute approximate surface area is 133 Å². The van der Waals surface area contributed by atoms with Crippen LogP contribution in [0.1, 0.15) is 31.4 Å². The van der Waals surface area contributed by atoms with Gasteiger partial charge in [-0.15, -0.1) is 0 Å². The van der Waals surface area contributed by atoms with Crippen LogP contribution in [0.3, 0.4) is 0 Å². The van der Waals surface area contributed by atoms with Crippen molar-refractivity contribution in [2.24, 2.45) is 5.92 Å². The van der Waals surface area contributed by atoms with Gasteiger partial charge in [-0.1, -0.05) is 32.0 Å². The Kier molecular flexibility index (Phi) is 6.60. The van der Waals surface area contributed by atoms with Crippen LogP contribution >= 0.6 is 0 Å². The molecule has 0 spiro atoms. The summed E-state index contributed by atoms with van der Waals surface area (Å²) in [4.78, 5) is 23.6. The lowest BCUT2D eigenvalue weighted by Crippen LogP contribution is -2.43. The summed E-state index contributed by atoms with van der Waals surface area (Å²) in [5.41, 5.74) is -0.583. The van der Waals surface area contributed by atoms with E-state index >= 15 is 0 Å². The number of rotatable bonds is 6. The zero-order valence-corrected chi connectivity index (χ0v) is 13.2. The number of esters is 1. The van der Waals surface area contributed by atoms with Crippen LogP contribution in [0, 0.1) is 5.92 Å². The molecule has 1 rings (SSSR count). The Morgan fingerprint density at radius 2 is 1.91 bits per heavy atom. The van der Waals surface area contributed by atoms with E-state index in [4.69, 9.17) is 0 Å². The lowest BCUT2D eigenvalue weighted by molar-refractivity contribution is -0.145. The predicted octanol–water partition coefficient (Wildman–Crippen LogP) is 2.95. The Hall–Kier alpha value is -2.05. The molecular weight excluding hydrogens is 311 g/mol. The van der Waals surface area contributed by atoms with Gasteiger partial charge in [0, 0.05) is 0 Å². The quantitative estimate of drug-likeness (QED) is 0.816. The molecule has 23 heavy (non-hydrogen) atoms.